The van der Waals surface area contributed by atoms with Crippen molar-refractivity contribution < 1.29 is 0 Å². The van der Waals surface area contributed by atoms with E-state index in [0.717, 1.165) is 23.6 Å². The molecule has 2 aromatic heterocycles. The van der Waals surface area contributed by atoms with E-state index < -0.39 is 0 Å². The van der Waals surface area contributed by atoms with Crippen molar-refractivity contribution in [2.45, 2.75) is 25.1 Å². The van der Waals surface area contributed by atoms with E-state index in [4.69, 9.17) is 0 Å². The lowest BCUT2D eigenvalue weighted by molar-refractivity contribution is 0.622. The Kier molecular flexibility index (Phi) is 3.22. The summed E-state index contributed by atoms with van der Waals surface area (Å²) in [6.45, 7) is 5.52. The molecule has 0 spiro atoms. The first-order valence-corrected chi connectivity index (χ1v) is 7.52. The highest BCUT2D eigenvalue weighted by molar-refractivity contribution is 8.00. The van der Waals surface area contributed by atoms with Gasteiger partial charge in [-0.3, -0.25) is 0 Å². The van der Waals surface area contributed by atoms with E-state index in [1.165, 1.54) is 0 Å². The third-order valence-electron chi connectivity index (χ3n) is 3.65. The normalized spacial score (nSPS) is 23.8. The van der Waals surface area contributed by atoms with Crippen LogP contribution in [0, 0.1) is 0 Å². The molecule has 7 heteroatoms. The van der Waals surface area contributed by atoms with Gasteiger partial charge in [0, 0.05) is 30.6 Å². The number of hydrogen-bond donors (Lipinski definition) is 2. The molecule has 1 aliphatic heterocycles. The number of H-pyrrole nitrogens is 1. The van der Waals surface area contributed by atoms with Crippen molar-refractivity contribution in [3.05, 3.63) is 6.33 Å². The second kappa shape index (κ2) is 4.88. The summed E-state index contributed by atoms with van der Waals surface area (Å²) in [5.74, 6) is 2.69. The zero-order valence-electron chi connectivity index (χ0n) is 11.3. The van der Waals surface area contributed by atoms with Crippen molar-refractivity contribution in [1.29, 1.82) is 0 Å². The molecule has 0 radical (unpaired) electrons. The molecular formula is C12H18N6S. The highest BCUT2D eigenvalue weighted by Gasteiger charge is 2.28. The predicted molar refractivity (Wildman–Crippen MR) is 80.0 cm³/mol. The first-order valence-electron chi connectivity index (χ1n) is 6.48. The number of nitrogens with zero attached hydrogens (tertiary/aromatic N) is 4. The minimum Gasteiger partial charge on any atom is -0.357 e. The summed E-state index contributed by atoms with van der Waals surface area (Å²) in [7, 11) is 1.83. The zero-order valence-corrected chi connectivity index (χ0v) is 12.2. The third kappa shape index (κ3) is 2.11. The first-order chi connectivity index (χ1) is 9.20. The van der Waals surface area contributed by atoms with Gasteiger partial charge in [-0.05, 0) is 6.92 Å². The van der Waals surface area contributed by atoms with Crippen LogP contribution in [0.4, 0.5) is 11.8 Å². The van der Waals surface area contributed by atoms with E-state index in [1.54, 1.807) is 6.33 Å². The number of anilines is 2. The number of thioether (sulfide) groups is 1. The van der Waals surface area contributed by atoms with Crippen LogP contribution in [0.25, 0.3) is 11.2 Å². The van der Waals surface area contributed by atoms with E-state index in [1.807, 2.05) is 18.8 Å². The van der Waals surface area contributed by atoms with Crippen LogP contribution >= 0.6 is 11.8 Å². The quantitative estimate of drug-likeness (QED) is 0.872. The molecule has 2 N–H and O–H groups in total. The van der Waals surface area contributed by atoms with Crippen LogP contribution in [0.3, 0.4) is 0 Å². The number of imidazole rings is 1. The van der Waals surface area contributed by atoms with Gasteiger partial charge in [-0.1, -0.05) is 6.92 Å². The highest BCUT2D eigenvalue weighted by Crippen LogP contribution is 2.31. The summed E-state index contributed by atoms with van der Waals surface area (Å²) in [5, 5.41) is 3.60. The van der Waals surface area contributed by atoms with Crippen LogP contribution in [0.5, 0.6) is 0 Å². The van der Waals surface area contributed by atoms with Crippen molar-refractivity contribution in [3.8, 4) is 0 Å². The Morgan fingerprint density at radius 2 is 2.26 bits per heavy atom. The van der Waals surface area contributed by atoms with Gasteiger partial charge in [-0.15, -0.1) is 0 Å². The number of fused-ring (bicyclic) bond motifs is 1. The Labute approximate surface area is 116 Å². The molecule has 3 heterocycles. The fraction of sp³-hybridized carbons (Fsp3) is 0.583. The van der Waals surface area contributed by atoms with Gasteiger partial charge in [0.1, 0.15) is 5.52 Å². The molecule has 102 valence electrons. The van der Waals surface area contributed by atoms with Crippen molar-refractivity contribution >= 4 is 34.7 Å². The minimum atomic E-state index is 0.449. The van der Waals surface area contributed by atoms with Gasteiger partial charge in [0.05, 0.1) is 6.33 Å². The number of rotatable bonds is 2. The molecule has 6 nitrogen and oxygen atoms in total. The number of hydrogen-bond acceptors (Lipinski definition) is 6. The molecule has 2 aromatic rings. The fourth-order valence-electron chi connectivity index (χ4n) is 2.37. The Hall–Kier alpha value is -1.50. The maximum Gasteiger partial charge on any atom is 0.226 e. The van der Waals surface area contributed by atoms with Gasteiger partial charge in [0.25, 0.3) is 0 Å². The molecule has 19 heavy (non-hydrogen) atoms. The SMILES string of the molecule is CNc1nc(N2CCSC(C)C2C)c2[nH]cnc2n1. The Balaban J connectivity index is 2.09. The summed E-state index contributed by atoms with van der Waals surface area (Å²) in [6, 6.07) is 0.449. The van der Waals surface area contributed by atoms with Crippen LogP contribution in [0.2, 0.25) is 0 Å². The van der Waals surface area contributed by atoms with Gasteiger partial charge in [-0.25, -0.2) is 4.98 Å². The second-order valence-electron chi connectivity index (χ2n) is 4.73. The van der Waals surface area contributed by atoms with E-state index in [9.17, 15) is 0 Å². The first kappa shape index (κ1) is 12.5. The van der Waals surface area contributed by atoms with E-state index in [0.29, 0.717) is 22.9 Å². The van der Waals surface area contributed by atoms with Gasteiger partial charge in [0.15, 0.2) is 11.5 Å². The third-order valence-corrected chi connectivity index (χ3v) is 4.98. The molecule has 1 saturated heterocycles. The summed E-state index contributed by atoms with van der Waals surface area (Å²) >= 11 is 2.02. The lowest BCUT2D eigenvalue weighted by atomic mass is 10.2. The molecule has 2 unspecified atom stereocenters. The fourth-order valence-corrected chi connectivity index (χ4v) is 3.47. The maximum atomic E-state index is 4.62. The lowest BCUT2D eigenvalue weighted by Crippen LogP contribution is -2.45. The molecule has 3 rings (SSSR count). The highest BCUT2D eigenvalue weighted by atomic mass is 32.2. The van der Waals surface area contributed by atoms with Crippen molar-refractivity contribution in [2.75, 3.05) is 29.6 Å². The summed E-state index contributed by atoms with van der Waals surface area (Å²) < 4.78 is 0. The molecule has 0 saturated carbocycles. The van der Waals surface area contributed by atoms with Gasteiger partial charge < -0.3 is 15.2 Å². The second-order valence-corrected chi connectivity index (χ2v) is 6.22. The van der Waals surface area contributed by atoms with E-state index >= 15 is 0 Å². The Morgan fingerprint density at radius 1 is 1.42 bits per heavy atom. The summed E-state index contributed by atoms with van der Waals surface area (Å²) in [6.07, 6.45) is 1.68. The van der Waals surface area contributed by atoms with Gasteiger partial charge >= 0.3 is 0 Å². The standard InChI is InChI=1S/C12H18N6S/c1-7-8(2)19-5-4-18(7)11-9-10(15-6-14-9)16-12(13-3)17-11/h6-8H,4-5H2,1-3H3,(H2,13,14,15,16,17). The van der Waals surface area contributed by atoms with E-state index in [2.05, 4.69) is 44.0 Å². The van der Waals surface area contributed by atoms with E-state index in [-0.39, 0.29) is 0 Å². The van der Waals surface area contributed by atoms with Crippen LogP contribution in [-0.2, 0) is 0 Å². The Morgan fingerprint density at radius 3 is 3.05 bits per heavy atom. The Bertz CT molecular complexity index is 583. The topological polar surface area (TPSA) is 69.7 Å². The number of nitrogens with one attached hydrogen (secondary N) is 2. The van der Waals surface area contributed by atoms with Crippen LogP contribution in [0.15, 0.2) is 6.33 Å². The predicted octanol–water partition coefficient (Wildman–Crippen LogP) is 1.72. The largest absolute Gasteiger partial charge is 0.357 e. The number of aromatic amines is 1. The molecule has 0 aromatic carbocycles. The molecule has 1 aliphatic rings. The lowest BCUT2D eigenvalue weighted by Gasteiger charge is -2.38. The molecule has 0 bridgehead atoms. The minimum absolute atomic E-state index is 0.449. The molecular weight excluding hydrogens is 260 g/mol. The molecule has 1 fully saturated rings. The van der Waals surface area contributed by atoms with Crippen molar-refractivity contribution in [3.63, 3.8) is 0 Å². The summed E-state index contributed by atoms with van der Waals surface area (Å²) in [5.41, 5.74) is 1.64. The smallest absolute Gasteiger partial charge is 0.226 e. The van der Waals surface area contributed by atoms with Gasteiger partial charge in [0.2, 0.25) is 5.95 Å². The van der Waals surface area contributed by atoms with Crippen molar-refractivity contribution in [2.24, 2.45) is 0 Å². The maximum absolute atomic E-state index is 4.62. The average molecular weight is 278 g/mol. The average Bonchev–Trinajstić information content (AvgIpc) is 2.89. The molecule has 0 amide bonds. The monoisotopic (exact) mass is 278 g/mol. The zero-order chi connectivity index (χ0) is 13.4. The molecule has 0 aliphatic carbocycles. The van der Waals surface area contributed by atoms with Crippen molar-refractivity contribution in [1.82, 2.24) is 19.9 Å². The number of aromatic nitrogens is 4. The van der Waals surface area contributed by atoms with Crippen LogP contribution in [0.1, 0.15) is 13.8 Å². The summed E-state index contributed by atoms with van der Waals surface area (Å²) in [4.78, 5) is 18.7. The molecule has 2 atom stereocenters. The van der Waals surface area contributed by atoms with Gasteiger partial charge in [-0.2, -0.15) is 21.7 Å². The van der Waals surface area contributed by atoms with Crippen LogP contribution < -0.4 is 10.2 Å². The van der Waals surface area contributed by atoms with Crippen LogP contribution in [-0.4, -0.2) is 50.6 Å².